The number of halogens is 1. The first kappa shape index (κ1) is 17.1. The molecular weight excluding hydrogens is 300 g/mol. The lowest BCUT2D eigenvalue weighted by molar-refractivity contribution is -0.0961. The zero-order valence-corrected chi connectivity index (χ0v) is 13.9. The predicted molar refractivity (Wildman–Crippen MR) is 87.3 cm³/mol. The van der Waals surface area contributed by atoms with E-state index >= 15 is 0 Å². The molecule has 2 aliphatic heterocycles. The van der Waals surface area contributed by atoms with Crippen molar-refractivity contribution in [2.24, 2.45) is 0 Å². The Morgan fingerprint density at radius 3 is 2.59 bits per heavy atom. The van der Waals surface area contributed by atoms with Crippen LogP contribution in [0.4, 0.5) is 0 Å². The average Bonchev–Trinajstić information content (AvgIpc) is 2.49. The van der Waals surface area contributed by atoms with Gasteiger partial charge in [-0.3, -0.25) is 4.90 Å². The fourth-order valence-corrected chi connectivity index (χ4v) is 3.43. The number of piperidine rings is 1. The first-order valence-electron chi connectivity index (χ1n) is 7.68. The summed E-state index contributed by atoms with van der Waals surface area (Å²) in [6.45, 7) is 5.84. The minimum Gasteiger partial charge on any atom is -0.485 e. The molecule has 0 amide bonds. The van der Waals surface area contributed by atoms with Crippen LogP contribution in [0.2, 0.25) is 0 Å². The molecule has 2 atom stereocenters. The Morgan fingerprint density at radius 2 is 1.95 bits per heavy atom. The van der Waals surface area contributed by atoms with Gasteiger partial charge in [-0.05, 0) is 58.0 Å². The van der Waals surface area contributed by atoms with Crippen molar-refractivity contribution >= 4 is 12.4 Å². The van der Waals surface area contributed by atoms with Crippen molar-refractivity contribution in [1.29, 1.82) is 5.26 Å². The van der Waals surface area contributed by atoms with Crippen LogP contribution in [0, 0.1) is 11.3 Å². The van der Waals surface area contributed by atoms with Gasteiger partial charge in [-0.1, -0.05) is 6.42 Å². The summed E-state index contributed by atoms with van der Waals surface area (Å²) in [6, 6.07) is 7.60. The number of aliphatic hydroxyl groups is 1. The highest BCUT2D eigenvalue weighted by Crippen LogP contribution is 2.43. The number of likely N-dealkylation sites (tertiary alicyclic amines) is 1. The number of benzene rings is 1. The quantitative estimate of drug-likeness (QED) is 0.863. The standard InChI is InChI=1S/C17H22N2O2.ClH/c1-17(2)16(20)15(19-8-4-3-5-9-19)13-10-12(11-18)6-7-14(13)21-17;/h6-7,10,15-16,20H,3-5,8-9H2,1-2H3;1H/t15-,16+;/m0./s1. The molecule has 1 aromatic carbocycles. The number of nitrogens with zero attached hydrogens (tertiary/aromatic N) is 2. The maximum atomic E-state index is 10.8. The van der Waals surface area contributed by atoms with Gasteiger partial charge in [0.05, 0.1) is 17.7 Å². The summed E-state index contributed by atoms with van der Waals surface area (Å²) < 4.78 is 5.97. The molecule has 1 fully saturated rings. The lowest BCUT2D eigenvalue weighted by Gasteiger charge is -2.47. The number of rotatable bonds is 1. The van der Waals surface area contributed by atoms with Crippen LogP contribution in [-0.4, -0.2) is 34.8 Å². The average molecular weight is 323 g/mol. The van der Waals surface area contributed by atoms with Crippen molar-refractivity contribution in [2.75, 3.05) is 13.1 Å². The monoisotopic (exact) mass is 322 g/mol. The van der Waals surface area contributed by atoms with Crippen LogP contribution in [0.1, 0.15) is 50.3 Å². The Kier molecular flexibility index (Phi) is 5.01. The number of hydrogen-bond acceptors (Lipinski definition) is 4. The van der Waals surface area contributed by atoms with Gasteiger partial charge in [0.1, 0.15) is 17.5 Å². The molecule has 0 bridgehead atoms. The first-order valence-corrected chi connectivity index (χ1v) is 7.68. The topological polar surface area (TPSA) is 56.5 Å². The third-order valence-electron chi connectivity index (χ3n) is 4.63. The van der Waals surface area contributed by atoms with Gasteiger partial charge in [-0.25, -0.2) is 0 Å². The van der Waals surface area contributed by atoms with Gasteiger partial charge in [0.15, 0.2) is 0 Å². The first-order chi connectivity index (χ1) is 10.0. The maximum absolute atomic E-state index is 10.8. The van der Waals surface area contributed by atoms with Crippen LogP contribution in [0.5, 0.6) is 5.75 Å². The van der Waals surface area contributed by atoms with Crippen molar-refractivity contribution in [2.45, 2.75) is 50.9 Å². The van der Waals surface area contributed by atoms with E-state index in [1.807, 2.05) is 26.0 Å². The summed E-state index contributed by atoms with van der Waals surface area (Å²) in [4.78, 5) is 2.35. The van der Waals surface area contributed by atoms with E-state index < -0.39 is 11.7 Å². The molecule has 1 aromatic rings. The molecule has 5 heteroatoms. The molecule has 0 spiro atoms. The van der Waals surface area contributed by atoms with E-state index in [0.29, 0.717) is 5.56 Å². The molecule has 22 heavy (non-hydrogen) atoms. The molecule has 4 nitrogen and oxygen atoms in total. The second-order valence-electron chi connectivity index (χ2n) is 6.56. The van der Waals surface area contributed by atoms with Crippen molar-refractivity contribution in [3.05, 3.63) is 29.3 Å². The van der Waals surface area contributed by atoms with Gasteiger partial charge >= 0.3 is 0 Å². The highest BCUT2D eigenvalue weighted by Gasteiger charge is 2.45. The zero-order chi connectivity index (χ0) is 15.0. The maximum Gasteiger partial charge on any atom is 0.131 e. The van der Waals surface area contributed by atoms with E-state index in [1.165, 1.54) is 6.42 Å². The number of hydrogen-bond donors (Lipinski definition) is 1. The molecule has 2 heterocycles. The van der Waals surface area contributed by atoms with Crippen molar-refractivity contribution in [3.63, 3.8) is 0 Å². The molecule has 1 N–H and O–H groups in total. The minimum absolute atomic E-state index is 0. The van der Waals surface area contributed by atoms with E-state index in [0.717, 1.165) is 37.2 Å². The zero-order valence-electron chi connectivity index (χ0n) is 13.1. The Bertz CT molecular complexity index is 577. The fraction of sp³-hybridized carbons (Fsp3) is 0.588. The largest absolute Gasteiger partial charge is 0.485 e. The number of ether oxygens (including phenoxy) is 1. The van der Waals surface area contributed by atoms with Crippen molar-refractivity contribution < 1.29 is 9.84 Å². The number of nitriles is 1. The predicted octanol–water partition coefficient (Wildman–Crippen LogP) is 3.04. The normalized spacial score (nSPS) is 27.0. The summed E-state index contributed by atoms with van der Waals surface area (Å²) in [5.74, 6) is 0.792. The number of aliphatic hydroxyl groups excluding tert-OH is 1. The molecule has 3 rings (SSSR count). The third-order valence-corrected chi connectivity index (χ3v) is 4.63. The Hall–Kier alpha value is -1.28. The Morgan fingerprint density at radius 1 is 1.27 bits per heavy atom. The van der Waals surface area contributed by atoms with Gasteiger partial charge in [0.2, 0.25) is 0 Å². The minimum atomic E-state index is -0.622. The van der Waals surface area contributed by atoms with Crippen molar-refractivity contribution in [1.82, 2.24) is 4.90 Å². The lowest BCUT2D eigenvalue weighted by atomic mass is 9.84. The summed E-state index contributed by atoms with van der Waals surface area (Å²) in [6.07, 6.45) is 2.98. The SMILES string of the molecule is CC1(C)Oc2ccc(C#N)cc2[C@H](N2CCCCC2)[C@H]1O.Cl. The van der Waals surface area contributed by atoms with Gasteiger partial charge in [0.25, 0.3) is 0 Å². The molecule has 0 radical (unpaired) electrons. The highest BCUT2D eigenvalue weighted by atomic mass is 35.5. The second-order valence-corrected chi connectivity index (χ2v) is 6.56. The molecule has 0 aliphatic carbocycles. The smallest absolute Gasteiger partial charge is 0.131 e. The Labute approximate surface area is 138 Å². The van der Waals surface area contributed by atoms with E-state index in [-0.39, 0.29) is 18.4 Å². The summed E-state index contributed by atoms with van der Waals surface area (Å²) in [5, 5.41) is 19.9. The molecule has 0 aromatic heterocycles. The molecule has 0 unspecified atom stereocenters. The van der Waals surface area contributed by atoms with E-state index in [9.17, 15) is 5.11 Å². The summed E-state index contributed by atoms with van der Waals surface area (Å²) >= 11 is 0. The molecule has 1 saturated heterocycles. The lowest BCUT2D eigenvalue weighted by Crippen LogP contribution is -2.54. The highest BCUT2D eigenvalue weighted by molar-refractivity contribution is 5.85. The summed E-state index contributed by atoms with van der Waals surface area (Å²) in [7, 11) is 0. The third kappa shape index (κ3) is 2.94. The second kappa shape index (κ2) is 6.45. The van der Waals surface area contributed by atoms with Gasteiger partial charge in [-0.2, -0.15) is 5.26 Å². The van der Waals surface area contributed by atoms with Crippen LogP contribution < -0.4 is 4.74 Å². The van der Waals surface area contributed by atoms with Gasteiger partial charge in [-0.15, -0.1) is 12.4 Å². The van der Waals surface area contributed by atoms with E-state index in [2.05, 4.69) is 11.0 Å². The Balaban J connectivity index is 0.00000176. The van der Waals surface area contributed by atoms with Crippen LogP contribution in [0.15, 0.2) is 18.2 Å². The van der Waals surface area contributed by atoms with E-state index in [4.69, 9.17) is 10.00 Å². The van der Waals surface area contributed by atoms with Gasteiger partial charge in [0, 0.05) is 5.56 Å². The van der Waals surface area contributed by atoms with Crippen LogP contribution in [0.3, 0.4) is 0 Å². The number of fused-ring (bicyclic) bond motifs is 1. The summed E-state index contributed by atoms with van der Waals surface area (Å²) in [5.41, 5.74) is 0.942. The molecule has 120 valence electrons. The van der Waals surface area contributed by atoms with E-state index in [1.54, 1.807) is 6.07 Å². The van der Waals surface area contributed by atoms with Crippen LogP contribution in [-0.2, 0) is 0 Å². The van der Waals surface area contributed by atoms with Crippen LogP contribution in [0.25, 0.3) is 0 Å². The van der Waals surface area contributed by atoms with Gasteiger partial charge < -0.3 is 9.84 Å². The van der Waals surface area contributed by atoms with Crippen LogP contribution >= 0.6 is 12.4 Å². The van der Waals surface area contributed by atoms with Crippen molar-refractivity contribution in [3.8, 4) is 11.8 Å². The molecule has 2 aliphatic rings. The molecule has 0 saturated carbocycles. The molecular formula is C17H23ClN2O2. The fourth-order valence-electron chi connectivity index (χ4n) is 3.43.